The Morgan fingerprint density at radius 1 is 0.952 bits per heavy atom. The molecular formula is C8H11N9O2S2. The number of rotatable bonds is 6. The second kappa shape index (κ2) is 7.12. The van der Waals surface area contributed by atoms with Crippen LogP contribution in [0.1, 0.15) is 0 Å². The molecule has 0 atom stereocenters. The molecule has 0 radical (unpaired) electrons. The van der Waals surface area contributed by atoms with Gasteiger partial charge in [0.1, 0.15) is 0 Å². The molecule has 112 valence electrons. The standard InChI is InChI=1S/C8H11N9O2S2/c1-16-7(10-12-14-16)20-3-5(18)9-6(19)4-21-8-11-13-15-17(8)2/h3-4H2,1-2H3,(H,9,18,19). The molecule has 13 heteroatoms. The van der Waals surface area contributed by atoms with Gasteiger partial charge in [-0.2, -0.15) is 0 Å². The highest BCUT2D eigenvalue weighted by atomic mass is 32.2. The third-order valence-electron chi connectivity index (χ3n) is 2.11. The van der Waals surface area contributed by atoms with E-state index in [1.54, 1.807) is 14.1 Å². The molecule has 0 bridgehead atoms. The van der Waals surface area contributed by atoms with Gasteiger partial charge < -0.3 is 0 Å². The third kappa shape index (κ3) is 4.49. The highest BCUT2D eigenvalue weighted by molar-refractivity contribution is 8.00. The number of hydrogen-bond acceptors (Lipinski definition) is 10. The number of aryl methyl sites for hydroxylation is 2. The van der Waals surface area contributed by atoms with Crippen LogP contribution in [-0.2, 0) is 23.7 Å². The fourth-order valence-corrected chi connectivity index (χ4v) is 2.47. The monoisotopic (exact) mass is 329 g/mol. The maximum atomic E-state index is 11.6. The quantitative estimate of drug-likeness (QED) is 0.609. The average molecular weight is 329 g/mol. The summed E-state index contributed by atoms with van der Waals surface area (Å²) >= 11 is 2.28. The Balaban J connectivity index is 1.71. The lowest BCUT2D eigenvalue weighted by Gasteiger charge is -2.03. The van der Waals surface area contributed by atoms with E-state index in [4.69, 9.17) is 0 Å². The molecule has 2 aromatic rings. The van der Waals surface area contributed by atoms with E-state index in [-0.39, 0.29) is 11.5 Å². The zero-order chi connectivity index (χ0) is 15.2. The smallest absolute Gasteiger partial charge is 0.237 e. The average Bonchev–Trinajstić information content (AvgIpc) is 3.03. The molecule has 0 aliphatic rings. The van der Waals surface area contributed by atoms with Crippen LogP contribution in [0.5, 0.6) is 0 Å². The van der Waals surface area contributed by atoms with Gasteiger partial charge in [-0.1, -0.05) is 23.5 Å². The van der Waals surface area contributed by atoms with Gasteiger partial charge >= 0.3 is 0 Å². The summed E-state index contributed by atoms with van der Waals surface area (Å²) in [4.78, 5) is 23.2. The first-order valence-electron chi connectivity index (χ1n) is 5.59. The largest absolute Gasteiger partial charge is 0.295 e. The van der Waals surface area contributed by atoms with Crippen molar-refractivity contribution in [3.8, 4) is 0 Å². The highest BCUT2D eigenvalue weighted by Gasteiger charge is 2.12. The van der Waals surface area contributed by atoms with Crippen LogP contribution in [0.3, 0.4) is 0 Å². The molecule has 0 fully saturated rings. The fraction of sp³-hybridized carbons (Fsp3) is 0.500. The Bertz CT molecular complexity index is 585. The summed E-state index contributed by atoms with van der Waals surface area (Å²) in [6.45, 7) is 0. The van der Waals surface area contributed by atoms with Crippen molar-refractivity contribution in [1.29, 1.82) is 0 Å². The lowest BCUT2D eigenvalue weighted by atomic mass is 10.6. The molecule has 0 aliphatic heterocycles. The summed E-state index contributed by atoms with van der Waals surface area (Å²) < 4.78 is 2.88. The maximum absolute atomic E-state index is 11.6. The molecule has 2 amide bonds. The van der Waals surface area contributed by atoms with Gasteiger partial charge in [0.2, 0.25) is 22.1 Å². The number of nitrogens with zero attached hydrogens (tertiary/aromatic N) is 8. The predicted molar refractivity (Wildman–Crippen MR) is 72.2 cm³/mol. The van der Waals surface area contributed by atoms with Gasteiger partial charge in [-0.25, -0.2) is 9.36 Å². The molecule has 2 aromatic heterocycles. The summed E-state index contributed by atoms with van der Waals surface area (Å²) in [5.74, 6) is -0.721. The molecule has 0 saturated heterocycles. The molecule has 0 unspecified atom stereocenters. The van der Waals surface area contributed by atoms with E-state index < -0.39 is 11.8 Å². The van der Waals surface area contributed by atoms with E-state index in [9.17, 15) is 9.59 Å². The van der Waals surface area contributed by atoms with E-state index in [0.717, 1.165) is 23.5 Å². The molecular weight excluding hydrogens is 318 g/mol. The first kappa shape index (κ1) is 15.4. The third-order valence-corrected chi connectivity index (χ3v) is 4.13. The molecule has 2 heterocycles. The van der Waals surface area contributed by atoms with E-state index in [0.29, 0.717) is 10.3 Å². The Morgan fingerprint density at radius 2 is 1.38 bits per heavy atom. The first-order chi connectivity index (χ1) is 10.1. The summed E-state index contributed by atoms with van der Waals surface area (Å²) in [6, 6.07) is 0. The maximum Gasteiger partial charge on any atom is 0.237 e. The summed E-state index contributed by atoms with van der Waals surface area (Å²) in [6.07, 6.45) is 0. The van der Waals surface area contributed by atoms with Crippen LogP contribution < -0.4 is 5.32 Å². The van der Waals surface area contributed by atoms with Crippen LogP contribution >= 0.6 is 23.5 Å². The van der Waals surface area contributed by atoms with E-state index in [1.807, 2.05) is 0 Å². The van der Waals surface area contributed by atoms with E-state index in [1.165, 1.54) is 9.36 Å². The molecule has 0 spiro atoms. The Hall–Kier alpha value is -2.02. The number of amides is 2. The lowest BCUT2D eigenvalue weighted by Crippen LogP contribution is -2.33. The molecule has 1 N–H and O–H groups in total. The number of tetrazole rings is 2. The van der Waals surface area contributed by atoms with Gasteiger partial charge in [0, 0.05) is 14.1 Å². The SMILES string of the molecule is Cn1nnnc1SCC(=O)NC(=O)CSc1nnnn1C. The predicted octanol–water partition coefficient (Wildman–Crippen LogP) is -1.74. The molecule has 0 aromatic carbocycles. The van der Waals surface area contributed by atoms with Crippen LogP contribution in [0.4, 0.5) is 0 Å². The van der Waals surface area contributed by atoms with Crippen molar-refractivity contribution in [1.82, 2.24) is 45.7 Å². The molecule has 21 heavy (non-hydrogen) atoms. The summed E-state index contributed by atoms with van der Waals surface area (Å²) in [5, 5.41) is 24.9. The summed E-state index contributed by atoms with van der Waals surface area (Å²) in [5.41, 5.74) is 0. The van der Waals surface area contributed by atoms with Gasteiger partial charge in [-0.3, -0.25) is 14.9 Å². The van der Waals surface area contributed by atoms with Gasteiger partial charge in [-0.05, 0) is 20.9 Å². The van der Waals surface area contributed by atoms with Crippen LogP contribution in [0.2, 0.25) is 0 Å². The van der Waals surface area contributed by atoms with E-state index >= 15 is 0 Å². The van der Waals surface area contributed by atoms with Crippen molar-refractivity contribution in [2.24, 2.45) is 14.1 Å². The Morgan fingerprint density at radius 3 is 1.71 bits per heavy atom. The minimum absolute atomic E-state index is 0.0517. The van der Waals surface area contributed by atoms with Gasteiger partial charge in [-0.15, -0.1) is 10.2 Å². The molecule has 0 saturated carbocycles. The highest BCUT2D eigenvalue weighted by Crippen LogP contribution is 2.12. The van der Waals surface area contributed by atoms with Gasteiger partial charge in [0.05, 0.1) is 11.5 Å². The normalized spacial score (nSPS) is 10.6. The Kier molecular flexibility index (Phi) is 5.21. The van der Waals surface area contributed by atoms with Crippen LogP contribution in [0, 0.1) is 0 Å². The first-order valence-corrected chi connectivity index (χ1v) is 7.56. The number of hydrogen-bond donors (Lipinski definition) is 1. The van der Waals surface area contributed by atoms with Gasteiger partial charge in [0.15, 0.2) is 0 Å². The summed E-state index contributed by atoms with van der Waals surface area (Å²) in [7, 11) is 3.33. The number of thioether (sulfide) groups is 2. The topological polar surface area (TPSA) is 133 Å². The lowest BCUT2D eigenvalue weighted by molar-refractivity contribution is -0.127. The molecule has 11 nitrogen and oxygen atoms in total. The van der Waals surface area contributed by atoms with Crippen LogP contribution in [0.15, 0.2) is 10.3 Å². The van der Waals surface area contributed by atoms with Crippen molar-refractivity contribution in [2.45, 2.75) is 10.3 Å². The van der Waals surface area contributed by atoms with Crippen molar-refractivity contribution in [3.63, 3.8) is 0 Å². The minimum Gasteiger partial charge on any atom is -0.295 e. The second-order valence-corrected chi connectivity index (χ2v) is 5.60. The van der Waals surface area contributed by atoms with Crippen LogP contribution in [0.25, 0.3) is 0 Å². The Labute approximate surface area is 127 Å². The minimum atomic E-state index is -0.412. The second-order valence-electron chi connectivity index (χ2n) is 3.72. The molecule has 0 aliphatic carbocycles. The number of imide groups is 1. The zero-order valence-corrected chi connectivity index (χ0v) is 12.8. The number of carbonyl (C=O) groups excluding carboxylic acids is 2. The van der Waals surface area contributed by atoms with Crippen molar-refractivity contribution in [3.05, 3.63) is 0 Å². The number of nitrogens with one attached hydrogen (secondary N) is 1. The van der Waals surface area contributed by atoms with Crippen molar-refractivity contribution < 1.29 is 9.59 Å². The fourth-order valence-electron chi connectivity index (χ4n) is 1.17. The zero-order valence-electron chi connectivity index (χ0n) is 11.1. The number of aromatic nitrogens is 8. The van der Waals surface area contributed by atoms with Crippen LogP contribution in [-0.4, -0.2) is 63.7 Å². The van der Waals surface area contributed by atoms with Gasteiger partial charge in [0.25, 0.3) is 0 Å². The van der Waals surface area contributed by atoms with Crippen molar-refractivity contribution >= 4 is 35.3 Å². The number of carbonyl (C=O) groups is 2. The van der Waals surface area contributed by atoms with E-state index in [2.05, 4.69) is 36.4 Å². The van der Waals surface area contributed by atoms with Crippen molar-refractivity contribution in [2.75, 3.05) is 11.5 Å². The molecule has 2 rings (SSSR count).